The number of piperidine rings is 1. The average Bonchev–Trinajstić information content (AvgIpc) is 2.70. The van der Waals surface area contributed by atoms with E-state index in [0.29, 0.717) is 12.1 Å². The van der Waals surface area contributed by atoms with Crippen molar-refractivity contribution in [2.45, 2.75) is 48.7 Å². The van der Waals surface area contributed by atoms with E-state index >= 15 is 0 Å². The number of amides is 1. The van der Waals surface area contributed by atoms with E-state index < -0.39 is 21.5 Å². The molecule has 2 aliphatic rings. The topological polar surface area (TPSA) is 66.5 Å². The van der Waals surface area contributed by atoms with Gasteiger partial charge in [0.2, 0.25) is 5.91 Å². The van der Waals surface area contributed by atoms with Crippen molar-refractivity contribution in [1.82, 2.24) is 10.2 Å². The van der Waals surface area contributed by atoms with Gasteiger partial charge in [-0.2, -0.15) is 0 Å². The summed E-state index contributed by atoms with van der Waals surface area (Å²) in [6.45, 7) is 0. The fraction of sp³-hybridized carbons (Fsp3) is 0.562. The Hall–Kier alpha value is -1.40. The second-order valence-corrected chi connectivity index (χ2v) is 8.35. The van der Waals surface area contributed by atoms with E-state index in [1.165, 1.54) is 25.0 Å². The van der Waals surface area contributed by atoms with Gasteiger partial charge in [-0.05, 0) is 44.9 Å². The van der Waals surface area contributed by atoms with Crippen LogP contribution in [0.15, 0.2) is 35.2 Å². The molecule has 1 aromatic rings. The fourth-order valence-electron chi connectivity index (χ4n) is 3.68. The molecule has 1 aromatic carbocycles. The second-order valence-electron chi connectivity index (χ2n) is 6.36. The molecule has 2 fully saturated rings. The number of benzene rings is 1. The summed E-state index contributed by atoms with van der Waals surface area (Å²) in [5, 5.41) is 2.92. The molecule has 3 rings (SSSR count). The van der Waals surface area contributed by atoms with Crippen LogP contribution in [-0.4, -0.2) is 50.2 Å². The first kappa shape index (κ1) is 15.5. The Bertz CT molecular complexity index is 631. The van der Waals surface area contributed by atoms with Crippen LogP contribution in [0.5, 0.6) is 0 Å². The van der Waals surface area contributed by atoms with Gasteiger partial charge in [-0.1, -0.05) is 18.2 Å². The Kier molecular flexibility index (Phi) is 4.23. The molecule has 0 spiro atoms. The molecule has 3 atom stereocenters. The minimum Gasteiger partial charge on any atom is -0.352 e. The molecule has 2 bridgehead atoms. The van der Waals surface area contributed by atoms with Crippen molar-refractivity contribution in [3.63, 3.8) is 0 Å². The zero-order chi connectivity index (χ0) is 15.7. The number of hydrogen-bond acceptors (Lipinski definition) is 4. The molecular weight excluding hydrogens is 300 g/mol. The third-order valence-corrected chi connectivity index (χ3v) is 6.52. The molecule has 2 saturated heterocycles. The van der Waals surface area contributed by atoms with Gasteiger partial charge in [0.05, 0.1) is 4.90 Å². The van der Waals surface area contributed by atoms with E-state index in [1.807, 2.05) is 0 Å². The Morgan fingerprint density at radius 2 is 1.77 bits per heavy atom. The number of sulfone groups is 1. The van der Waals surface area contributed by atoms with Gasteiger partial charge in [0.1, 0.15) is 5.75 Å². The van der Waals surface area contributed by atoms with Gasteiger partial charge in [-0.15, -0.1) is 0 Å². The SMILES string of the molecule is CN1[C@@H]2CC[C@H]1CC(NC(=O)CS(=O)(=O)c1ccccc1)C2. The lowest BCUT2D eigenvalue weighted by Gasteiger charge is -2.36. The van der Waals surface area contributed by atoms with E-state index in [1.54, 1.807) is 18.2 Å². The Morgan fingerprint density at radius 1 is 1.18 bits per heavy atom. The van der Waals surface area contributed by atoms with Crippen LogP contribution in [0, 0.1) is 0 Å². The number of carbonyl (C=O) groups is 1. The summed E-state index contributed by atoms with van der Waals surface area (Å²) in [6.07, 6.45) is 4.19. The molecule has 1 amide bonds. The molecule has 0 aromatic heterocycles. The highest BCUT2D eigenvalue weighted by atomic mass is 32.2. The Balaban J connectivity index is 1.59. The number of fused-ring (bicyclic) bond motifs is 2. The standard InChI is InChI=1S/C16H22N2O3S/c1-18-13-7-8-14(18)10-12(9-13)17-16(19)11-22(20,21)15-5-3-2-4-6-15/h2-6,12-14H,7-11H2,1H3,(H,17,19)/t12?,13-,14+. The molecule has 0 aliphatic carbocycles. The van der Waals surface area contributed by atoms with Gasteiger partial charge in [0.25, 0.3) is 0 Å². The van der Waals surface area contributed by atoms with E-state index in [0.717, 1.165) is 12.8 Å². The molecule has 1 unspecified atom stereocenters. The highest BCUT2D eigenvalue weighted by Gasteiger charge is 2.39. The molecule has 6 heteroatoms. The van der Waals surface area contributed by atoms with Crippen LogP contribution in [0.1, 0.15) is 25.7 Å². The summed E-state index contributed by atoms with van der Waals surface area (Å²) in [5.41, 5.74) is 0. The molecule has 120 valence electrons. The van der Waals surface area contributed by atoms with Crippen molar-refractivity contribution < 1.29 is 13.2 Å². The number of nitrogens with zero attached hydrogens (tertiary/aromatic N) is 1. The van der Waals surface area contributed by atoms with Gasteiger partial charge in [0, 0.05) is 18.1 Å². The number of hydrogen-bond donors (Lipinski definition) is 1. The molecule has 0 saturated carbocycles. The first-order valence-corrected chi connectivity index (χ1v) is 9.40. The van der Waals surface area contributed by atoms with Gasteiger partial charge >= 0.3 is 0 Å². The third kappa shape index (κ3) is 3.17. The molecule has 2 aliphatic heterocycles. The number of carbonyl (C=O) groups excluding carboxylic acids is 1. The van der Waals surface area contributed by atoms with Gasteiger partial charge < -0.3 is 10.2 Å². The largest absolute Gasteiger partial charge is 0.352 e. The molecule has 0 radical (unpaired) electrons. The van der Waals surface area contributed by atoms with Gasteiger partial charge in [-0.25, -0.2) is 8.42 Å². The molecule has 22 heavy (non-hydrogen) atoms. The zero-order valence-corrected chi connectivity index (χ0v) is 13.6. The van der Waals surface area contributed by atoms with Crippen molar-refractivity contribution in [2.75, 3.05) is 12.8 Å². The molecular formula is C16H22N2O3S. The maximum absolute atomic E-state index is 12.2. The average molecular weight is 322 g/mol. The van der Waals surface area contributed by atoms with Crippen LogP contribution in [0.2, 0.25) is 0 Å². The van der Waals surface area contributed by atoms with Crippen LogP contribution in [0.25, 0.3) is 0 Å². The minimum absolute atomic E-state index is 0.104. The quantitative estimate of drug-likeness (QED) is 0.904. The predicted molar refractivity (Wildman–Crippen MR) is 84.2 cm³/mol. The van der Waals surface area contributed by atoms with Crippen molar-refractivity contribution in [1.29, 1.82) is 0 Å². The van der Waals surface area contributed by atoms with Crippen LogP contribution < -0.4 is 5.32 Å². The highest BCUT2D eigenvalue weighted by Crippen LogP contribution is 2.34. The summed E-state index contributed by atoms with van der Waals surface area (Å²) in [6, 6.07) is 9.29. The van der Waals surface area contributed by atoms with Crippen molar-refractivity contribution in [3.05, 3.63) is 30.3 Å². The summed E-state index contributed by atoms with van der Waals surface area (Å²) in [7, 11) is -1.42. The zero-order valence-electron chi connectivity index (χ0n) is 12.7. The predicted octanol–water partition coefficient (Wildman–Crippen LogP) is 1.20. The van der Waals surface area contributed by atoms with Crippen molar-refractivity contribution >= 4 is 15.7 Å². The van der Waals surface area contributed by atoms with Gasteiger partial charge in [0.15, 0.2) is 9.84 Å². The van der Waals surface area contributed by atoms with Crippen molar-refractivity contribution in [3.8, 4) is 0 Å². The van der Waals surface area contributed by atoms with Crippen LogP contribution in [-0.2, 0) is 14.6 Å². The maximum atomic E-state index is 12.2. The van der Waals surface area contributed by atoms with Crippen LogP contribution in [0.4, 0.5) is 0 Å². The van der Waals surface area contributed by atoms with Gasteiger partial charge in [-0.3, -0.25) is 4.79 Å². The van der Waals surface area contributed by atoms with Crippen LogP contribution in [0.3, 0.4) is 0 Å². The maximum Gasteiger partial charge on any atom is 0.235 e. The van der Waals surface area contributed by atoms with E-state index in [-0.39, 0.29) is 10.9 Å². The third-order valence-electron chi connectivity index (χ3n) is 4.89. The lowest BCUT2D eigenvalue weighted by atomic mass is 9.98. The molecule has 5 nitrogen and oxygen atoms in total. The monoisotopic (exact) mass is 322 g/mol. The van der Waals surface area contributed by atoms with Crippen LogP contribution >= 0.6 is 0 Å². The number of rotatable bonds is 4. The molecule has 1 N–H and O–H groups in total. The van der Waals surface area contributed by atoms with E-state index in [4.69, 9.17) is 0 Å². The summed E-state index contributed by atoms with van der Waals surface area (Å²) < 4.78 is 24.4. The summed E-state index contributed by atoms with van der Waals surface area (Å²) in [5.74, 6) is -0.864. The highest BCUT2D eigenvalue weighted by molar-refractivity contribution is 7.92. The summed E-state index contributed by atoms with van der Waals surface area (Å²) >= 11 is 0. The molecule has 2 heterocycles. The normalized spacial score (nSPS) is 28.5. The number of nitrogens with one attached hydrogen (secondary N) is 1. The first-order valence-electron chi connectivity index (χ1n) is 7.75. The lowest BCUT2D eigenvalue weighted by Crippen LogP contribution is -2.49. The van der Waals surface area contributed by atoms with Crippen molar-refractivity contribution in [2.24, 2.45) is 0 Å². The Labute approximate surface area is 131 Å². The first-order chi connectivity index (χ1) is 10.5. The van der Waals surface area contributed by atoms with E-state index in [9.17, 15) is 13.2 Å². The van der Waals surface area contributed by atoms with E-state index in [2.05, 4.69) is 17.3 Å². The minimum atomic E-state index is -3.55. The smallest absolute Gasteiger partial charge is 0.235 e. The Morgan fingerprint density at radius 3 is 2.36 bits per heavy atom. The fourth-order valence-corrected chi connectivity index (χ4v) is 4.85. The lowest BCUT2D eigenvalue weighted by molar-refractivity contribution is -0.119. The summed E-state index contributed by atoms with van der Waals surface area (Å²) in [4.78, 5) is 14.7. The second kappa shape index (κ2) is 6.01.